The van der Waals surface area contributed by atoms with Crippen LogP contribution in [0.4, 0.5) is 10.5 Å². The number of aromatic nitrogens is 1. The normalized spacial score (nSPS) is 10.7. The van der Waals surface area contributed by atoms with Crippen LogP contribution in [0.1, 0.15) is 16.7 Å². The number of nitrogens with one attached hydrogen (secondary N) is 2. The van der Waals surface area contributed by atoms with E-state index in [1.165, 1.54) is 0 Å². The van der Waals surface area contributed by atoms with Gasteiger partial charge in [-0.25, -0.2) is 4.79 Å². The van der Waals surface area contributed by atoms with Crippen molar-refractivity contribution in [1.82, 2.24) is 9.88 Å². The Bertz CT molecular complexity index is 1220. The highest BCUT2D eigenvalue weighted by Gasteiger charge is 2.17. The van der Waals surface area contributed by atoms with Crippen LogP contribution in [0.2, 0.25) is 0 Å². The summed E-state index contributed by atoms with van der Waals surface area (Å²) in [6.45, 7) is 2.56. The van der Waals surface area contributed by atoms with Crippen LogP contribution in [0.25, 0.3) is 10.9 Å². The monoisotopic (exact) mass is 397 g/mol. The highest BCUT2D eigenvalue weighted by Crippen LogP contribution is 2.17. The lowest BCUT2D eigenvalue weighted by Gasteiger charge is -2.23. The van der Waals surface area contributed by atoms with Crippen LogP contribution >= 0.6 is 0 Å². The Hall–Kier alpha value is -3.86. The van der Waals surface area contributed by atoms with Crippen LogP contribution in [0, 0.1) is 6.92 Å². The summed E-state index contributed by atoms with van der Waals surface area (Å²) < 4.78 is 0. The van der Waals surface area contributed by atoms with E-state index in [-0.39, 0.29) is 18.1 Å². The fraction of sp³-hybridized carbons (Fsp3) is 0.120. The van der Waals surface area contributed by atoms with Crippen LogP contribution in [-0.2, 0) is 13.1 Å². The van der Waals surface area contributed by atoms with E-state index in [0.29, 0.717) is 17.8 Å². The van der Waals surface area contributed by atoms with Gasteiger partial charge in [-0.3, -0.25) is 4.79 Å². The Morgan fingerprint density at radius 2 is 1.60 bits per heavy atom. The van der Waals surface area contributed by atoms with Crippen molar-refractivity contribution in [2.75, 3.05) is 5.32 Å². The summed E-state index contributed by atoms with van der Waals surface area (Å²) in [6, 6.07) is 26.6. The molecule has 4 aromatic rings. The predicted octanol–water partition coefficient (Wildman–Crippen LogP) is 5.07. The molecule has 0 atom stereocenters. The lowest BCUT2D eigenvalue weighted by molar-refractivity contribution is 0.206. The second-order valence-electron chi connectivity index (χ2n) is 7.30. The number of anilines is 1. The van der Waals surface area contributed by atoms with Crippen LogP contribution in [-0.4, -0.2) is 15.9 Å². The average molecular weight is 397 g/mol. The second kappa shape index (κ2) is 8.66. The smallest absolute Gasteiger partial charge is 0.321 e. The van der Waals surface area contributed by atoms with Crippen molar-refractivity contribution in [3.8, 4) is 0 Å². The molecule has 0 aliphatic rings. The van der Waals surface area contributed by atoms with E-state index < -0.39 is 0 Å². The molecular formula is C25H23N3O2. The number of urea groups is 1. The summed E-state index contributed by atoms with van der Waals surface area (Å²) in [4.78, 5) is 30.4. The highest BCUT2D eigenvalue weighted by atomic mass is 16.2. The molecule has 1 heterocycles. The third kappa shape index (κ3) is 4.41. The summed E-state index contributed by atoms with van der Waals surface area (Å²) in [6.07, 6.45) is 0. The van der Waals surface area contributed by atoms with Crippen molar-refractivity contribution in [2.24, 2.45) is 0 Å². The molecule has 0 aliphatic carbocycles. The van der Waals surface area contributed by atoms with E-state index in [0.717, 1.165) is 22.0 Å². The van der Waals surface area contributed by atoms with E-state index in [2.05, 4.69) is 10.3 Å². The molecule has 150 valence electrons. The Kier molecular flexibility index (Phi) is 5.61. The van der Waals surface area contributed by atoms with E-state index in [4.69, 9.17) is 0 Å². The number of hydrogen-bond donors (Lipinski definition) is 2. The van der Waals surface area contributed by atoms with Crippen molar-refractivity contribution >= 4 is 22.6 Å². The van der Waals surface area contributed by atoms with Crippen LogP contribution in [0.3, 0.4) is 0 Å². The number of fused-ring (bicyclic) bond motifs is 1. The van der Waals surface area contributed by atoms with E-state index in [1.807, 2.05) is 91.9 Å². The zero-order valence-corrected chi connectivity index (χ0v) is 16.8. The van der Waals surface area contributed by atoms with Crippen molar-refractivity contribution in [3.05, 3.63) is 112 Å². The van der Waals surface area contributed by atoms with Gasteiger partial charge in [0.2, 0.25) is 0 Å². The van der Waals surface area contributed by atoms with Gasteiger partial charge in [0.15, 0.2) is 0 Å². The molecule has 0 fully saturated rings. The summed E-state index contributed by atoms with van der Waals surface area (Å²) in [7, 11) is 0. The van der Waals surface area contributed by atoms with Crippen molar-refractivity contribution in [2.45, 2.75) is 20.0 Å². The molecule has 0 unspecified atom stereocenters. The number of aromatic amines is 1. The first-order valence-corrected chi connectivity index (χ1v) is 9.86. The third-order valence-electron chi connectivity index (χ3n) is 5.05. The lowest BCUT2D eigenvalue weighted by Crippen LogP contribution is -2.35. The summed E-state index contributed by atoms with van der Waals surface area (Å²) >= 11 is 0. The van der Waals surface area contributed by atoms with Gasteiger partial charge >= 0.3 is 6.03 Å². The number of H-pyrrole nitrogens is 1. The second-order valence-corrected chi connectivity index (χ2v) is 7.30. The minimum Gasteiger partial charge on any atom is -0.321 e. The Labute approximate surface area is 175 Å². The van der Waals surface area contributed by atoms with Gasteiger partial charge in [-0.05, 0) is 41.6 Å². The maximum Gasteiger partial charge on any atom is 0.322 e. The average Bonchev–Trinajstić information content (AvgIpc) is 2.76. The van der Waals surface area contributed by atoms with Crippen LogP contribution in [0.5, 0.6) is 0 Å². The molecule has 0 saturated heterocycles. The molecule has 4 rings (SSSR count). The highest BCUT2D eigenvalue weighted by molar-refractivity contribution is 5.89. The van der Waals surface area contributed by atoms with Gasteiger partial charge in [0.25, 0.3) is 5.56 Å². The molecule has 5 nitrogen and oxygen atoms in total. The minimum atomic E-state index is -0.256. The number of carbonyl (C=O) groups excluding carboxylic acids is 1. The molecule has 2 amide bonds. The standard InChI is InChI=1S/C25H23N3O2/c1-18-9-8-12-20-15-21(24(29)27-23(18)20)17-28(16-19-10-4-2-5-11-19)25(30)26-22-13-6-3-7-14-22/h2-15H,16-17H2,1H3,(H,26,30)(H,27,29). The van der Waals surface area contributed by atoms with Crippen LogP contribution < -0.4 is 10.9 Å². The SMILES string of the molecule is Cc1cccc2cc(CN(Cc3ccccc3)C(=O)Nc3ccccc3)c(=O)[nH]c12. The molecule has 0 aliphatic heterocycles. The van der Waals surface area contributed by atoms with Gasteiger partial charge in [0, 0.05) is 17.8 Å². The van der Waals surface area contributed by atoms with Gasteiger partial charge in [-0.15, -0.1) is 0 Å². The molecule has 2 N–H and O–H groups in total. The number of nitrogens with zero attached hydrogens (tertiary/aromatic N) is 1. The predicted molar refractivity (Wildman–Crippen MR) is 120 cm³/mol. The van der Waals surface area contributed by atoms with Gasteiger partial charge in [0.05, 0.1) is 12.1 Å². The lowest BCUT2D eigenvalue weighted by atomic mass is 10.1. The van der Waals surface area contributed by atoms with E-state index in [9.17, 15) is 9.59 Å². The van der Waals surface area contributed by atoms with Gasteiger partial charge in [-0.2, -0.15) is 0 Å². The Morgan fingerprint density at radius 3 is 2.33 bits per heavy atom. The summed E-state index contributed by atoms with van der Waals surface area (Å²) in [5.74, 6) is 0. The third-order valence-corrected chi connectivity index (χ3v) is 5.05. The molecule has 0 bridgehead atoms. The number of amides is 2. The number of para-hydroxylation sites is 2. The number of carbonyl (C=O) groups is 1. The number of hydrogen-bond acceptors (Lipinski definition) is 2. The number of benzene rings is 3. The maximum atomic E-state index is 13.1. The summed E-state index contributed by atoms with van der Waals surface area (Å²) in [5, 5.41) is 3.87. The number of rotatable bonds is 5. The Morgan fingerprint density at radius 1 is 0.900 bits per heavy atom. The first-order valence-electron chi connectivity index (χ1n) is 9.86. The molecule has 1 aromatic heterocycles. The molecule has 0 radical (unpaired) electrons. The van der Waals surface area contributed by atoms with Gasteiger partial charge < -0.3 is 15.2 Å². The van der Waals surface area contributed by atoms with Gasteiger partial charge in [0.1, 0.15) is 0 Å². The van der Waals surface area contributed by atoms with Crippen LogP contribution in [0.15, 0.2) is 89.7 Å². The first-order chi connectivity index (χ1) is 14.6. The molecule has 30 heavy (non-hydrogen) atoms. The minimum absolute atomic E-state index is 0.178. The number of pyridine rings is 1. The number of aryl methyl sites for hydroxylation is 1. The van der Waals surface area contributed by atoms with E-state index >= 15 is 0 Å². The molecule has 0 saturated carbocycles. The first kappa shape index (κ1) is 19.5. The van der Waals surface area contributed by atoms with Crippen molar-refractivity contribution in [3.63, 3.8) is 0 Å². The fourth-order valence-electron chi connectivity index (χ4n) is 3.48. The largest absolute Gasteiger partial charge is 0.322 e. The Balaban J connectivity index is 1.65. The fourth-order valence-corrected chi connectivity index (χ4v) is 3.48. The van der Waals surface area contributed by atoms with E-state index in [1.54, 1.807) is 4.90 Å². The van der Waals surface area contributed by atoms with Crippen molar-refractivity contribution in [1.29, 1.82) is 0 Å². The summed E-state index contributed by atoms with van der Waals surface area (Å²) in [5.41, 5.74) is 3.92. The molecule has 5 heteroatoms. The quantitative estimate of drug-likeness (QED) is 0.494. The zero-order valence-electron chi connectivity index (χ0n) is 16.8. The van der Waals surface area contributed by atoms with Crippen molar-refractivity contribution < 1.29 is 4.79 Å². The molecule has 0 spiro atoms. The molecule has 3 aromatic carbocycles. The zero-order chi connectivity index (χ0) is 20.9. The van der Waals surface area contributed by atoms with Gasteiger partial charge in [-0.1, -0.05) is 66.7 Å². The maximum absolute atomic E-state index is 13.1. The molecular weight excluding hydrogens is 374 g/mol. The topological polar surface area (TPSA) is 65.2 Å².